The second-order valence-corrected chi connectivity index (χ2v) is 5.24. The van der Waals surface area contributed by atoms with Crippen molar-refractivity contribution < 1.29 is 0 Å². The summed E-state index contributed by atoms with van der Waals surface area (Å²) >= 11 is 12.2. The van der Waals surface area contributed by atoms with Crippen LogP contribution in [0.4, 0.5) is 0 Å². The smallest absolute Gasteiger partial charge is 0.0860 e. The average Bonchev–Trinajstić information content (AvgIpc) is 2.43. The van der Waals surface area contributed by atoms with Crippen LogP contribution in [0.15, 0.2) is 0 Å². The van der Waals surface area contributed by atoms with Gasteiger partial charge in [0.05, 0.1) is 16.4 Å². The summed E-state index contributed by atoms with van der Waals surface area (Å²) in [5.41, 5.74) is 2.05. The third-order valence-electron chi connectivity index (χ3n) is 3.46. The Kier molecular flexibility index (Phi) is 3.48. The van der Waals surface area contributed by atoms with Gasteiger partial charge in [-0.05, 0) is 26.2 Å². The first-order chi connectivity index (χ1) is 7.58. The van der Waals surface area contributed by atoms with E-state index in [-0.39, 0.29) is 5.54 Å². The van der Waals surface area contributed by atoms with Crippen molar-refractivity contribution in [1.82, 2.24) is 15.1 Å². The monoisotopic (exact) mass is 261 g/mol. The Morgan fingerprint density at radius 2 is 2.19 bits per heavy atom. The van der Waals surface area contributed by atoms with E-state index in [9.17, 15) is 0 Å². The number of aromatic nitrogens is 2. The minimum Gasteiger partial charge on any atom is -0.304 e. The van der Waals surface area contributed by atoms with Crippen molar-refractivity contribution in [3.63, 3.8) is 0 Å². The fraction of sp³-hybridized carbons (Fsp3) is 0.727. The Morgan fingerprint density at radius 1 is 1.50 bits per heavy atom. The molecule has 90 valence electrons. The van der Waals surface area contributed by atoms with Gasteiger partial charge in [-0.3, -0.25) is 4.68 Å². The van der Waals surface area contributed by atoms with Gasteiger partial charge in [-0.2, -0.15) is 5.10 Å². The second kappa shape index (κ2) is 4.55. The predicted octanol–water partition coefficient (Wildman–Crippen LogP) is 2.63. The molecule has 0 radical (unpaired) electrons. The summed E-state index contributed by atoms with van der Waals surface area (Å²) in [5.74, 6) is 0.668. The van der Waals surface area contributed by atoms with E-state index in [1.807, 2.05) is 18.7 Å². The van der Waals surface area contributed by atoms with E-state index in [4.69, 9.17) is 23.2 Å². The molecule has 3 nitrogen and oxygen atoms in total. The summed E-state index contributed by atoms with van der Waals surface area (Å²) in [6.07, 6.45) is 3.58. The number of nitrogens with zero attached hydrogens (tertiary/aromatic N) is 2. The quantitative estimate of drug-likeness (QED) is 0.845. The molecule has 0 amide bonds. The molecule has 0 atom stereocenters. The van der Waals surface area contributed by atoms with Gasteiger partial charge < -0.3 is 5.32 Å². The first-order valence-electron chi connectivity index (χ1n) is 5.57. The topological polar surface area (TPSA) is 29.9 Å². The summed E-state index contributed by atoms with van der Waals surface area (Å²) in [6, 6.07) is 0. The molecule has 0 unspecified atom stereocenters. The van der Waals surface area contributed by atoms with Gasteiger partial charge in [0.2, 0.25) is 0 Å². The van der Waals surface area contributed by atoms with Crippen molar-refractivity contribution in [3.8, 4) is 0 Å². The molecular weight excluding hydrogens is 245 g/mol. The van der Waals surface area contributed by atoms with Crippen molar-refractivity contribution in [1.29, 1.82) is 0 Å². The Bertz CT molecular complexity index is 377. The highest BCUT2D eigenvalue weighted by Gasteiger charge is 2.35. The lowest BCUT2D eigenvalue weighted by atomic mass is 9.78. The lowest BCUT2D eigenvalue weighted by Crippen LogP contribution is -2.52. The first kappa shape index (κ1) is 12.2. The van der Waals surface area contributed by atoms with Crippen LogP contribution in [0, 0.1) is 6.92 Å². The summed E-state index contributed by atoms with van der Waals surface area (Å²) in [4.78, 5) is 0. The zero-order valence-electron chi connectivity index (χ0n) is 9.69. The fourth-order valence-corrected chi connectivity index (χ4v) is 2.69. The lowest BCUT2D eigenvalue weighted by Gasteiger charge is -2.41. The van der Waals surface area contributed by atoms with Gasteiger partial charge in [-0.15, -0.1) is 11.6 Å². The Hall–Kier alpha value is -0.250. The van der Waals surface area contributed by atoms with Crippen molar-refractivity contribution in [2.45, 2.75) is 38.3 Å². The molecule has 1 saturated carbocycles. The van der Waals surface area contributed by atoms with Crippen LogP contribution in [0.2, 0.25) is 5.02 Å². The van der Waals surface area contributed by atoms with E-state index < -0.39 is 0 Å². The third kappa shape index (κ3) is 2.08. The normalized spacial score (nSPS) is 18.5. The number of hydrogen-bond acceptors (Lipinski definition) is 2. The molecule has 1 aliphatic rings. The maximum absolute atomic E-state index is 6.19. The standard InChI is InChI=1S/C11H17Cl2N3/c1-8-10(13)9(16(2)15-8)6-14-11(7-12)4-3-5-11/h14H,3-7H2,1-2H3. The molecule has 1 aromatic heterocycles. The highest BCUT2D eigenvalue weighted by atomic mass is 35.5. The highest BCUT2D eigenvalue weighted by Crippen LogP contribution is 2.33. The first-order valence-corrected chi connectivity index (χ1v) is 6.48. The van der Waals surface area contributed by atoms with Crippen LogP contribution in [0.25, 0.3) is 0 Å². The van der Waals surface area contributed by atoms with Crippen molar-refractivity contribution >= 4 is 23.2 Å². The van der Waals surface area contributed by atoms with Crippen molar-refractivity contribution in [2.75, 3.05) is 5.88 Å². The van der Waals surface area contributed by atoms with E-state index in [1.165, 1.54) is 6.42 Å². The van der Waals surface area contributed by atoms with Crippen molar-refractivity contribution in [3.05, 3.63) is 16.4 Å². The van der Waals surface area contributed by atoms with Gasteiger partial charge in [-0.25, -0.2) is 0 Å². The Labute approximate surface area is 106 Å². The largest absolute Gasteiger partial charge is 0.304 e. The maximum atomic E-state index is 6.19. The average molecular weight is 262 g/mol. The minimum atomic E-state index is 0.128. The molecule has 1 heterocycles. The van der Waals surface area contributed by atoms with Crippen molar-refractivity contribution in [2.24, 2.45) is 7.05 Å². The molecular formula is C11H17Cl2N3. The summed E-state index contributed by atoms with van der Waals surface area (Å²) in [7, 11) is 1.92. The van der Waals surface area contributed by atoms with Gasteiger partial charge >= 0.3 is 0 Å². The predicted molar refractivity (Wildman–Crippen MR) is 67.1 cm³/mol. The number of alkyl halides is 1. The van der Waals surface area contributed by atoms with Gasteiger partial charge in [0.25, 0.3) is 0 Å². The molecule has 1 aromatic rings. The number of rotatable bonds is 4. The molecule has 0 bridgehead atoms. The van der Waals surface area contributed by atoms with Gasteiger partial charge in [0.15, 0.2) is 0 Å². The number of nitrogens with one attached hydrogen (secondary N) is 1. The third-order valence-corrected chi connectivity index (χ3v) is 4.46. The summed E-state index contributed by atoms with van der Waals surface area (Å²) in [5, 5.41) is 8.57. The maximum Gasteiger partial charge on any atom is 0.0860 e. The molecule has 5 heteroatoms. The lowest BCUT2D eigenvalue weighted by molar-refractivity contribution is 0.209. The Balaban J connectivity index is 2.04. The number of aryl methyl sites for hydroxylation is 2. The van der Waals surface area contributed by atoms with E-state index in [2.05, 4.69) is 10.4 Å². The van der Waals surface area contributed by atoms with Crippen LogP contribution in [-0.4, -0.2) is 21.2 Å². The fourth-order valence-electron chi connectivity index (χ4n) is 2.10. The summed E-state index contributed by atoms with van der Waals surface area (Å²) < 4.78 is 1.84. The van der Waals surface area contributed by atoms with Crippen LogP contribution in [0.3, 0.4) is 0 Å². The van der Waals surface area contributed by atoms with Gasteiger partial charge in [-0.1, -0.05) is 11.6 Å². The molecule has 0 aliphatic heterocycles. The molecule has 1 fully saturated rings. The SMILES string of the molecule is Cc1nn(C)c(CNC2(CCl)CCC2)c1Cl. The molecule has 1 aliphatic carbocycles. The number of hydrogen-bond donors (Lipinski definition) is 1. The second-order valence-electron chi connectivity index (χ2n) is 4.59. The van der Waals surface area contributed by atoms with E-state index >= 15 is 0 Å². The van der Waals surface area contributed by atoms with E-state index in [0.717, 1.165) is 35.8 Å². The molecule has 1 N–H and O–H groups in total. The van der Waals surface area contributed by atoms with Gasteiger partial charge in [0.1, 0.15) is 0 Å². The molecule has 0 aromatic carbocycles. The van der Waals surface area contributed by atoms with Crippen LogP contribution in [-0.2, 0) is 13.6 Å². The zero-order chi connectivity index (χ0) is 11.8. The molecule has 0 saturated heterocycles. The van der Waals surface area contributed by atoms with Crippen LogP contribution in [0.5, 0.6) is 0 Å². The van der Waals surface area contributed by atoms with Gasteiger partial charge in [0, 0.05) is 25.0 Å². The molecule has 2 rings (SSSR count). The summed E-state index contributed by atoms with van der Waals surface area (Å²) in [6.45, 7) is 2.66. The van der Waals surface area contributed by atoms with Crippen LogP contribution >= 0.6 is 23.2 Å². The highest BCUT2D eigenvalue weighted by molar-refractivity contribution is 6.31. The zero-order valence-corrected chi connectivity index (χ0v) is 11.2. The molecule has 0 spiro atoms. The minimum absolute atomic E-state index is 0.128. The number of halogens is 2. The molecule has 16 heavy (non-hydrogen) atoms. The van der Waals surface area contributed by atoms with E-state index in [0.29, 0.717) is 5.88 Å². The van der Waals surface area contributed by atoms with Crippen LogP contribution in [0.1, 0.15) is 30.7 Å². The van der Waals surface area contributed by atoms with Crippen LogP contribution < -0.4 is 5.32 Å². The Morgan fingerprint density at radius 3 is 2.56 bits per heavy atom. The van der Waals surface area contributed by atoms with E-state index in [1.54, 1.807) is 0 Å².